The first-order valence-electron chi connectivity index (χ1n) is 7.24. The largest absolute Gasteiger partial charge is 0.495 e. The molecule has 120 valence electrons. The van der Waals surface area contributed by atoms with Gasteiger partial charge in [-0.2, -0.15) is 0 Å². The number of nitrogens with one attached hydrogen (secondary N) is 3. The fourth-order valence-electron chi connectivity index (χ4n) is 2.48. The number of methoxy groups -OCH3 is 1. The van der Waals surface area contributed by atoms with E-state index >= 15 is 0 Å². The molecule has 2 unspecified atom stereocenters. The fourth-order valence-corrected chi connectivity index (χ4v) is 2.74. The number of amides is 1. The number of ether oxygens (including phenoxy) is 1. The van der Waals surface area contributed by atoms with Crippen LogP contribution in [0.15, 0.2) is 42.6 Å². The van der Waals surface area contributed by atoms with Crippen LogP contribution in [0, 0.1) is 0 Å². The number of aromatic nitrogens is 1. The monoisotopic (exact) mass is 332 g/mol. The fraction of sp³-hybridized carbons (Fsp3) is 0.250. The minimum absolute atomic E-state index is 0.00593. The standard InChI is InChI=1S/C16H17ClN4O2/c1-23-15-6-5-10(8-11(15)17)19-16(22)14-9-13(20-21-14)12-4-2-3-7-18-12/h2-8,13-14,20-21H,9H2,1H3,(H,19,22). The molecular weight excluding hydrogens is 316 g/mol. The normalized spacial score (nSPS) is 20.3. The summed E-state index contributed by atoms with van der Waals surface area (Å²) < 4.78 is 5.09. The molecule has 1 aliphatic heterocycles. The zero-order valence-electron chi connectivity index (χ0n) is 12.5. The highest BCUT2D eigenvalue weighted by molar-refractivity contribution is 6.32. The second-order valence-corrected chi connectivity index (χ2v) is 5.63. The number of nitrogens with zero attached hydrogens (tertiary/aromatic N) is 1. The van der Waals surface area contributed by atoms with Gasteiger partial charge < -0.3 is 10.1 Å². The number of carbonyl (C=O) groups is 1. The number of halogens is 1. The number of hydrazine groups is 1. The van der Waals surface area contributed by atoms with E-state index in [0.29, 0.717) is 22.9 Å². The topological polar surface area (TPSA) is 75.3 Å². The summed E-state index contributed by atoms with van der Waals surface area (Å²) in [5.74, 6) is 0.442. The van der Waals surface area contributed by atoms with Crippen molar-refractivity contribution < 1.29 is 9.53 Å². The summed E-state index contributed by atoms with van der Waals surface area (Å²) in [5.41, 5.74) is 7.64. The Bertz CT molecular complexity index is 696. The number of rotatable bonds is 4. The molecule has 2 aromatic rings. The molecule has 2 heterocycles. The van der Waals surface area contributed by atoms with Gasteiger partial charge in [0, 0.05) is 11.9 Å². The predicted octanol–water partition coefficient (Wildman–Crippen LogP) is 2.29. The predicted molar refractivity (Wildman–Crippen MR) is 88.3 cm³/mol. The molecule has 3 N–H and O–H groups in total. The minimum Gasteiger partial charge on any atom is -0.495 e. The summed E-state index contributed by atoms with van der Waals surface area (Å²) in [5, 5.41) is 3.30. The van der Waals surface area contributed by atoms with E-state index in [4.69, 9.17) is 16.3 Å². The first kappa shape index (κ1) is 15.7. The van der Waals surface area contributed by atoms with Gasteiger partial charge in [0.1, 0.15) is 11.8 Å². The number of hydrogen-bond donors (Lipinski definition) is 3. The Labute approximate surface area is 139 Å². The van der Waals surface area contributed by atoms with Crippen LogP contribution in [0.25, 0.3) is 0 Å². The van der Waals surface area contributed by atoms with Gasteiger partial charge in [0.15, 0.2) is 0 Å². The minimum atomic E-state index is -0.345. The Morgan fingerprint density at radius 1 is 1.35 bits per heavy atom. The molecule has 3 rings (SSSR count). The van der Waals surface area contributed by atoms with Crippen LogP contribution in [-0.4, -0.2) is 24.0 Å². The molecule has 0 aliphatic carbocycles. The highest BCUT2D eigenvalue weighted by atomic mass is 35.5. The Morgan fingerprint density at radius 2 is 2.22 bits per heavy atom. The average Bonchev–Trinajstić information content (AvgIpc) is 3.06. The van der Waals surface area contributed by atoms with Crippen molar-refractivity contribution >= 4 is 23.2 Å². The van der Waals surface area contributed by atoms with Crippen LogP contribution >= 0.6 is 11.6 Å². The Morgan fingerprint density at radius 3 is 2.91 bits per heavy atom. The molecule has 7 heteroatoms. The maximum absolute atomic E-state index is 12.3. The molecule has 2 atom stereocenters. The first-order valence-corrected chi connectivity index (χ1v) is 7.61. The van der Waals surface area contributed by atoms with Crippen LogP contribution in [0.5, 0.6) is 5.75 Å². The van der Waals surface area contributed by atoms with Crippen LogP contribution in [0.2, 0.25) is 5.02 Å². The quantitative estimate of drug-likeness (QED) is 0.801. The van der Waals surface area contributed by atoms with Crippen molar-refractivity contribution in [3.8, 4) is 5.75 Å². The number of benzene rings is 1. The lowest BCUT2D eigenvalue weighted by atomic mass is 10.1. The maximum atomic E-state index is 12.3. The summed E-state index contributed by atoms with van der Waals surface area (Å²) >= 11 is 6.06. The Balaban J connectivity index is 1.62. The van der Waals surface area contributed by atoms with Crippen molar-refractivity contribution in [2.75, 3.05) is 12.4 Å². The molecule has 1 aliphatic rings. The lowest BCUT2D eigenvalue weighted by molar-refractivity contribution is -0.117. The van der Waals surface area contributed by atoms with E-state index in [1.807, 2.05) is 18.2 Å². The third-order valence-electron chi connectivity index (χ3n) is 3.68. The molecule has 1 aromatic heterocycles. The SMILES string of the molecule is COc1ccc(NC(=O)C2CC(c3ccccn3)NN2)cc1Cl. The van der Waals surface area contributed by atoms with Gasteiger partial charge in [-0.05, 0) is 36.8 Å². The second kappa shape index (κ2) is 6.95. The van der Waals surface area contributed by atoms with Gasteiger partial charge in [0.25, 0.3) is 0 Å². The van der Waals surface area contributed by atoms with Gasteiger partial charge in [0.05, 0.1) is 23.9 Å². The number of hydrogen-bond acceptors (Lipinski definition) is 5. The summed E-state index contributed by atoms with van der Waals surface area (Å²) in [6.07, 6.45) is 2.36. The summed E-state index contributed by atoms with van der Waals surface area (Å²) in [7, 11) is 1.55. The lowest BCUT2D eigenvalue weighted by Crippen LogP contribution is -2.39. The van der Waals surface area contributed by atoms with E-state index in [9.17, 15) is 4.79 Å². The van der Waals surface area contributed by atoms with Gasteiger partial charge >= 0.3 is 0 Å². The summed E-state index contributed by atoms with van der Waals surface area (Å²) in [6.45, 7) is 0. The van der Waals surface area contributed by atoms with Crippen LogP contribution in [0.4, 0.5) is 5.69 Å². The number of pyridine rings is 1. The molecule has 1 aromatic carbocycles. The van der Waals surface area contributed by atoms with Gasteiger partial charge in [-0.1, -0.05) is 17.7 Å². The molecule has 1 fully saturated rings. The Kier molecular flexibility index (Phi) is 4.76. The molecule has 0 spiro atoms. The lowest BCUT2D eigenvalue weighted by Gasteiger charge is -2.12. The second-order valence-electron chi connectivity index (χ2n) is 5.22. The van der Waals surface area contributed by atoms with E-state index in [1.165, 1.54) is 0 Å². The van der Waals surface area contributed by atoms with Crippen LogP contribution < -0.4 is 20.9 Å². The van der Waals surface area contributed by atoms with E-state index in [1.54, 1.807) is 31.5 Å². The van der Waals surface area contributed by atoms with Crippen molar-refractivity contribution in [2.45, 2.75) is 18.5 Å². The molecule has 23 heavy (non-hydrogen) atoms. The van der Waals surface area contributed by atoms with E-state index < -0.39 is 0 Å². The average molecular weight is 333 g/mol. The third kappa shape index (κ3) is 3.61. The third-order valence-corrected chi connectivity index (χ3v) is 3.98. The van der Waals surface area contributed by atoms with Crippen molar-refractivity contribution in [3.05, 3.63) is 53.3 Å². The van der Waals surface area contributed by atoms with E-state index in [2.05, 4.69) is 21.2 Å². The van der Waals surface area contributed by atoms with Crippen LogP contribution in [0.1, 0.15) is 18.2 Å². The van der Waals surface area contributed by atoms with Crippen molar-refractivity contribution in [1.82, 2.24) is 15.8 Å². The van der Waals surface area contributed by atoms with Gasteiger partial charge in [0.2, 0.25) is 5.91 Å². The highest BCUT2D eigenvalue weighted by Gasteiger charge is 2.30. The zero-order chi connectivity index (χ0) is 16.2. The molecular formula is C16H17ClN4O2. The zero-order valence-corrected chi connectivity index (χ0v) is 13.3. The summed E-state index contributed by atoms with van der Waals surface area (Å²) in [4.78, 5) is 16.7. The molecule has 0 saturated carbocycles. The molecule has 6 nitrogen and oxygen atoms in total. The van der Waals surface area contributed by atoms with Crippen LogP contribution in [0.3, 0.4) is 0 Å². The van der Waals surface area contributed by atoms with Crippen LogP contribution in [-0.2, 0) is 4.79 Å². The summed E-state index contributed by atoms with van der Waals surface area (Å²) in [6, 6.07) is 10.5. The van der Waals surface area contributed by atoms with E-state index in [-0.39, 0.29) is 18.0 Å². The molecule has 1 saturated heterocycles. The smallest absolute Gasteiger partial charge is 0.242 e. The van der Waals surface area contributed by atoms with Crippen molar-refractivity contribution in [2.24, 2.45) is 0 Å². The van der Waals surface area contributed by atoms with Gasteiger partial charge in [-0.15, -0.1) is 0 Å². The van der Waals surface area contributed by atoms with E-state index in [0.717, 1.165) is 5.69 Å². The molecule has 1 amide bonds. The van der Waals surface area contributed by atoms with Crippen molar-refractivity contribution in [1.29, 1.82) is 0 Å². The first-order chi connectivity index (χ1) is 11.2. The maximum Gasteiger partial charge on any atom is 0.242 e. The molecule has 0 bridgehead atoms. The van der Waals surface area contributed by atoms with Crippen molar-refractivity contribution in [3.63, 3.8) is 0 Å². The van der Waals surface area contributed by atoms with Gasteiger partial charge in [-0.25, -0.2) is 10.9 Å². The van der Waals surface area contributed by atoms with Gasteiger partial charge in [-0.3, -0.25) is 9.78 Å². The molecule has 0 radical (unpaired) electrons. The Hall–Kier alpha value is -2.15. The highest BCUT2D eigenvalue weighted by Crippen LogP contribution is 2.27. The number of anilines is 1. The number of carbonyl (C=O) groups excluding carboxylic acids is 1.